The number of carbonyl (C=O) groups is 2. The van der Waals surface area contributed by atoms with Crippen molar-refractivity contribution in [2.45, 2.75) is 6.92 Å². The first-order valence-electron chi connectivity index (χ1n) is 7.22. The molecule has 1 aromatic rings. The molecule has 114 valence electrons. The second-order valence-corrected chi connectivity index (χ2v) is 5.13. The first-order valence-corrected chi connectivity index (χ1v) is 7.22. The molecule has 1 heterocycles. The Morgan fingerprint density at radius 1 is 1.19 bits per heavy atom. The molecule has 0 radical (unpaired) electrons. The van der Waals surface area contributed by atoms with Gasteiger partial charge in [-0.25, -0.2) is 0 Å². The Labute approximate surface area is 124 Å². The highest BCUT2D eigenvalue weighted by atomic mass is 16.5. The quantitative estimate of drug-likeness (QED) is 0.671. The van der Waals surface area contributed by atoms with Crippen molar-refractivity contribution in [1.82, 2.24) is 5.32 Å². The van der Waals surface area contributed by atoms with Gasteiger partial charge in [-0.15, -0.1) is 0 Å². The summed E-state index contributed by atoms with van der Waals surface area (Å²) in [7, 11) is 0. The van der Waals surface area contributed by atoms with Crippen molar-refractivity contribution in [3.63, 3.8) is 0 Å². The number of anilines is 1. The lowest BCUT2D eigenvalue weighted by Crippen LogP contribution is -3.14. The highest BCUT2D eigenvalue weighted by Gasteiger charge is 2.13. The van der Waals surface area contributed by atoms with E-state index < -0.39 is 0 Å². The number of ether oxygens (including phenoxy) is 1. The number of hydrogen-bond donors (Lipinski definition) is 3. The normalized spacial score (nSPS) is 15.5. The number of carbonyl (C=O) groups excluding carboxylic acids is 2. The third kappa shape index (κ3) is 5.17. The molecule has 0 aromatic heterocycles. The average Bonchev–Trinajstić information content (AvgIpc) is 2.48. The number of morpholine rings is 1. The van der Waals surface area contributed by atoms with Crippen LogP contribution in [-0.4, -0.2) is 51.2 Å². The van der Waals surface area contributed by atoms with Crippen molar-refractivity contribution < 1.29 is 19.2 Å². The van der Waals surface area contributed by atoms with Crippen molar-refractivity contribution in [3.8, 4) is 0 Å². The van der Waals surface area contributed by atoms with Crippen LogP contribution in [0.2, 0.25) is 0 Å². The van der Waals surface area contributed by atoms with Crippen LogP contribution in [0.5, 0.6) is 0 Å². The first-order chi connectivity index (χ1) is 10.1. The minimum Gasteiger partial charge on any atom is -0.370 e. The van der Waals surface area contributed by atoms with Gasteiger partial charge in [0, 0.05) is 18.2 Å². The summed E-state index contributed by atoms with van der Waals surface area (Å²) < 4.78 is 5.30. The maximum Gasteiger partial charge on any atom is 0.251 e. The molecule has 0 saturated carbocycles. The predicted octanol–water partition coefficient (Wildman–Crippen LogP) is -0.710. The molecule has 1 aliphatic rings. The summed E-state index contributed by atoms with van der Waals surface area (Å²) in [5, 5.41) is 5.59. The molecular weight excluding hydrogens is 270 g/mol. The van der Waals surface area contributed by atoms with Crippen LogP contribution >= 0.6 is 0 Å². The second kappa shape index (κ2) is 7.75. The molecule has 2 amide bonds. The summed E-state index contributed by atoms with van der Waals surface area (Å²) in [4.78, 5) is 24.4. The van der Waals surface area contributed by atoms with E-state index >= 15 is 0 Å². The zero-order chi connectivity index (χ0) is 15.1. The van der Waals surface area contributed by atoms with Gasteiger partial charge in [-0.3, -0.25) is 9.59 Å². The van der Waals surface area contributed by atoms with Crippen LogP contribution in [0.1, 0.15) is 17.3 Å². The first kappa shape index (κ1) is 15.5. The summed E-state index contributed by atoms with van der Waals surface area (Å²) in [5.41, 5.74) is 1.29. The van der Waals surface area contributed by atoms with Crippen LogP contribution in [0, 0.1) is 0 Å². The van der Waals surface area contributed by atoms with Gasteiger partial charge in [0.15, 0.2) is 0 Å². The van der Waals surface area contributed by atoms with Gasteiger partial charge in [-0.05, 0) is 24.3 Å². The van der Waals surface area contributed by atoms with E-state index in [9.17, 15) is 9.59 Å². The number of rotatable bonds is 5. The molecule has 6 nitrogen and oxygen atoms in total. The summed E-state index contributed by atoms with van der Waals surface area (Å²) in [6.07, 6.45) is 0. The lowest BCUT2D eigenvalue weighted by atomic mass is 10.2. The van der Waals surface area contributed by atoms with Crippen molar-refractivity contribution >= 4 is 17.5 Å². The molecule has 0 aliphatic carbocycles. The standard InChI is InChI=1S/C15H21N3O3/c1-12(19)17-14-4-2-13(3-5-14)15(20)16-6-7-18-8-10-21-11-9-18/h2-5H,6-11H2,1H3,(H,16,20)(H,17,19)/p+1. The minimum absolute atomic E-state index is 0.0861. The van der Waals surface area contributed by atoms with Gasteiger partial charge < -0.3 is 20.3 Å². The Hall–Kier alpha value is -1.92. The fourth-order valence-corrected chi connectivity index (χ4v) is 2.27. The van der Waals surface area contributed by atoms with E-state index in [0.29, 0.717) is 17.8 Å². The van der Waals surface area contributed by atoms with E-state index in [1.54, 1.807) is 24.3 Å². The summed E-state index contributed by atoms with van der Waals surface area (Å²) >= 11 is 0. The van der Waals surface area contributed by atoms with Gasteiger partial charge in [0.1, 0.15) is 13.1 Å². The van der Waals surface area contributed by atoms with Gasteiger partial charge >= 0.3 is 0 Å². The average molecular weight is 292 g/mol. The van der Waals surface area contributed by atoms with Crippen LogP contribution < -0.4 is 15.5 Å². The van der Waals surface area contributed by atoms with E-state index in [1.165, 1.54) is 11.8 Å². The van der Waals surface area contributed by atoms with Gasteiger partial charge in [-0.2, -0.15) is 0 Å². The third-order valence-electron chi connectivity index (χ3n) is 3.43. The Kier molecular flexibility index (Phi) is 5.71. The maximum atomic E-state index is 12.0. The van der Waals surface area contributed by atoms with Crippen molar-refractivity contribution in [2.24, 2.45) is 0 Å². The van der Waals surface area contributed by atoms with Crippen molar-refractivity contribution in [1.29, 1.82) is 0 Å². The molecule has 6 heteroatoms. The third-order valence-corrected chi connectivity index (χ3v) is 3.43. The molecule has 1 saturated heterocycles. The molecule has 1 aromatic carbocycles. The van der Waals surface area contributed by atoms with E-state index in [0.717, 1.165) is 32.8 Å². The molecule has 0 atom stereocenters. The van der Waals surface area contributed by atoms with Crippen molar-refractivity contribution in [3.05, 3.63) is 29.8 Å². The summed E-state index contributed by atoms with van der Waals surface area (Å²) in [5.74, 6) is -0.210. The minimum atomic E-state index is -0.124. The molecule has 0 bridgehead atoms. The summed E-state index contributed by atoms with van der Waals surface area (Å²) in [6, 6.07) is 6.87. The Morgan fingerprint density at radius 3 is 2.48 bits per heavy atom. The maximum absolute atomic E-state index is 12.0. The Morgan fingerprint density at radius 2 is 1.86 bits per heavy atom. The lowest BCUT2D eigenvalue weighted by molar-refractivity contribution is -0.906. The van der Waals surface area contributed by atoms with Gasteiger partial charge in [0.05, 0.1) is 26.3 Å². The zero-order valence-corrected chi connectivity index (χ0v) is 12.3. The van der Waals surface area contributed by atoms with E-state index in [2.05, 4.69) is 10.6 Å². The van der Waals surface area contributed by atoms with Gasteiger partial charge in [0.2, 0.25) is 5.91 Å². The van der Waals surface area contributed by atoms with Crippen molar-refractivity contribution in [2.75, 3.05) is 44.7 Å². The zero-order valence-electron chi connectivity index (χ0n) is 12.3. The van der Waals surface area contributed by atoms with Crippen LogP contribution in [-0.2, 0) is 9.53 Å². The van der Waals surface area contributed by atoms with E-state index in [-0.39, 0.29) is 11.8 Å². The molecule has 0 unspecified atom stereocenters. The molecule has 21 heavy (non-hydrogen) atoms. The number of nitrogens with one attached hydrogen (secondary N) is 3. The number of hydrogen-bond acceptors (Lipinski definition) is 3. The van der Waals surface area contributed by atoms with Crippen LogP contribution in [0.25, 0.3) is 0 Å². The summed E-state index contributed by atoms with van der Waals surface area (Å²) in [6.45, 7) is 6.62. The number of amides is 2. The monoisotopic (exact) mass is 292 g/mol. The number of benzene rings is 1. The Balaban J connectivity index is 1.75. The van der Waals surface area contributed by atoms with Gasteiger partial charge in [-0.1, -0.05) is 0 Å². The lowest BCUT2D eigenvalue weighted by Gasteiger charge is -2.23. The molecule has 3 N–H and O–H groups in total. The predicted molar refractivity (Wildman–Crippen MR) is 79.5 cm³/mol. The molecule has 1 aliphatic heterocycles. The smallest absolute Gasteiger partial charge is 0.251 e. The van der Waals surface area contributed by atoms with Crippen LogP contribution in [0.3, 0.4) is 0 Å². The molecular formula is C15H22N3O3+. The highest BCUT2D eigenvalue weighted by Crippen LogP contribution is 2.09. The van der Waals surface area contributed by atoms with E-state index in [4.69, 9.17) is 4.74 Å². The van der Waals surface area contributed by atoms with Gasteiger partial charge in [0.25, 0.3) is 5.91 Å². The molecule has 2 rings (SSSR count). The largest absolute Gasteiger partial charge is 0.370 e. The second-order valence-electron chi connectivity index (χ2n) is 5.13. The highest BCUT2D eigenvalue weighted by molar-refractivity contribution is 5.95. The number of quaternary nitrogens is 1. The van der Waals surface area contributed by atoms with E-state index in [1.807, 2.05) is 0 Å². The fourth-order valence-electron chi connectivity index (χ4n) is 2.27. The molecule has 1 fully saturated rings. The SMILES string of the molecule is CC(=O)Nc1ccc(C(=O)NCC[NH+]2CCOCC2)cc1. The Bertz CT molecular complexity index is 481. The topological polar surface area (TPSA) is 71.9 Å². The molecule has 0 spiro atoms. The van der Waals surface area contributed by atoms with Crippen LogP contribution in [0.4, 0.5) is 5.69 Å². The fraction of sp³-hybridized carbons (Fsp3) is 0.467. The van der Waals surface area contributed by atoms with Crippen LogP contribution in [0.15, 0.2) is 24.3 Å².